The highest BCUT2D eigenvalue weighted by atomic mass is 16.4. The van der Waals surface area contributed by atoms with Crippen LogP contribution in [0.3, 0.4) is 0 Å². The van der Waals surface area contributed by atoms with Crippen molar-refractivity contribution in [3.05, 3.63) is 30.1 Å². The molecule has 0 bridgehead atoms. The minimum Gasteiger partial charge on any atom is -0.480 e. The van der Waals surface area contributed by atoms with Gasteiger partial charge >= 0.3 is 5.97 Å². The Labute approximate surface area is 112 Å². The average molecular weight is 262 g/mol. The van der Waals surface area contributed by atoms with Crippen molar-refractivity contribution in [1.82, 2.24) is 9.88 Å². The smallest absolute Gasteiger partial charge is 0.326 e. The summed E-state index contributed by atoms with van der Waals surface area (Å²) < 4.78 is 0. The molecule has 0 radical (unpaired) electrons. The third kappa shape index (κ3) is 3.53. The van der Waals surface area contributed by atoms with Gasteiger partial charge < -0.3 is 10.0 Å². The number of carboxylic acid groups (broad SMARTS) is 1. The summed E-state index contributed by atoms with van der Waals surface area (Å²) in [6, 6.07) is 4.94. The van der Waals surface area contributed by atoms with Gasteiger partial charge in [0.1, 0.15) is 6.04 Å². The molecule has 1 N–H and O–H groups in total. The van der Waals surface area contributed by atoms with Gasteiger partial charge in [-0.3, -0.25) is 9.78 Å². The zero-order chi connectivity index (χ0) is 13.7. The van der Waals surface area contributed by atoms with Gasteiger partial charge in [0, 0.05) is 24.9 Å². The molecule has 1 amide bonds. The Morgan fingerprint density at radius 2 is 2.21 bits per heavy atom. The second-order valence-electron chi connectivity index (χ2n) is 4.76. The van der Waals surface area contributed by atoms with E-state index >= 15 is 0 Å². The first-order valence-electron chi connectivity index (χ1n) is 6.60. The second kappa shape index (κ2) is 6.31. The van der Waals surface area contributed by atoms with Crippen molar-refractivity contribution in [3.8, 4) is 0 Å². The standard InChI is InChI=1S/C14H18N2O3/c17-13(8-7-11-5-1-3-9-15-11)16-10-4-2-6-12(16)14(18)19/h1,3,5,9,12H,2,4,6-8,10H2,(H,18,19). The van der Waals surface area contributed by atoms with E-state index in [0.717, 1.165) is 18.5 Å². The van der Waals surface area contributed by atoms with Gasteiger partial charge in [-0.1, -0.05) is 6.07 Å². The SMILES string of the molecule is O=C(O)C1CCCCN1C(=O)CCc1ccccn1. The number of piperidine rings is 1. The van der Waals surface area contributed by atoms with Crippen molar-refractivity contribution in [2.45, 2.75) is 38.1 Å². The highest BCUT2D eigenvalue weighted by Gasteiger charge is 2.31. The molecule has 1 aliphatic heterocycles. The van der Waals surface area contributed by atoms with Gasteiger partial charge in [0.05, 0.1) is 0 Å². The number of carbonyl (C=O) groups is 2. The molecule has 1 unspecified atom stereocenters. The highest BCUT2D eigenvalue weighted by Crippen LogP contribution is 2.18. The molecular weight excluding hydrogens is 244 g/mol. The number of carbonyl (C=O) groups excluding carboxylic acids is 1. The maximum Gasteiger partial charge on any atom is 0.326 e. The van der Waals surface area contributed by atoms with Crippen molar-refractivity contribution in [1.29, 1.82) is 0 Å². The first-order valence-corrected chi connectivity index (χ1v) is 6.60. The van der Waals surface area contributed by atoms with E-state index in [2.05, 4.69) is 4.98 Å². The summed E-state index contributed by atoms with van der Waals surface area (Å²) in [6.45, 7) is 0.554. The summed E-state index contributed by atoms with van der Waals surface area (Å²) in [7, 11) is 0. The molecule has 1 fully saturated rings. The molecule has 2 heterocycles. The van der Waals surface area contributed by atoms with Crippen molar-refractivity contribution in [3.63, 3.8) is 0 Å². The van der Waals surface area contributed by atoms with Crippen LogP contribution >= 0.6 is 0 Å². The maximum absolute atomic E-state index is 12.1. The quantitative estimate of drug-likeness (QED) is 0.892. The minimum atomic E-state index is -0.897. The first kappa shape index (κ1) is 13.5. The number of aryl methyl sites for hydroxylation is 1. The van der Waals surface area contributed by atoms with E-state index in [1.54, 1.807) is 6.20 Å². The Hall–Kier alpha value is -1.91. The van der Waals surface area contributed by atoms with Gasteiger partial charge in [0.25, 0.3) is 0 Å². The summed E-state index contributed by atoms with van der Waals surface area (Å²) in [5.74, 6) is -0.983. The van der Waals surface area contributed by atoms with Crippen LogP contribution in [-0.2, 0) is 16.0 Å². The lowest BCUT2D eigenvalue weighted by Crippen LogP contribution is -2.48. The highest BCUT2D eigenvalue weighted by molar-refractivity contribution is 5.84. The number of likely N-dealkylation sites (tertiary alicyclic amines) is 1. The van der Waals surface area contributed by atoms with Crippen LogP contribution in [0.2, 0.25) is 0 Å². The third-order valence-corrected chi connectivity index (χ3v) is 3.43. The number of nitrogens with zero attached hydrogens (tertiary/aromatic N) is 2. The zero-order valence-electron chi connectivity index (χ0n) is 10.8. The van der Waals surface area contributed by atoms with Gasteiger partial charge in [0.15, 0.2) is 0 Å². The lowest BCUT2D eigenvalue weighted by atomic mass is 10.0. The molecule has 102 valence electrons. The molecule has 2 rings (SSSR count). The number of hydrogen-bond donors (Lipinski definition) is 1. The van der Waals surface area contributed by atoms with Crippen LogP contribution < -0.4 is 0 Å². The summed E-state index contributed by atoms with van der Waals surface area (Å²) in [5.41, 5.74) is 0.861. The van der Waals surface area contributed by atoms with Crippen LogP contribution in [0.1, 0.15) is 31.4 Å². The van der Waals surface area contributed by atoms with E-state index in [1.165, 1.54) is 4.90 Å². The van der Waals surface area contributed by atoms with Gasteiger partial charge in [-0.25, -0.2) is 4.79 Å². The molecule has 0 aromatic carbocycles. The van der Waals surface area contributed by atoms with E-state index in [0.29, 0.717) is 25.8 Å². The molecule has 1 saturated heterocycles. The number of aliphatic carboxylic acids is 1. The number of pyridine rings is 1. The molecule has 1 aromatic rings. The van der Waals surface area contributed by atoms with E-state index in [1.807, 2.05) is 18.2 Å². The summed E-state index contributed by atoms with van der Waals surface area (Å²) in [5, 5.41) is 9.14. The largest absolute Gasteiger partial charge is 0.480 e. The lowest BCUT2D eigenvalue weighted by Gasteiger charge is -2.33. The fraction of sp³-hybridized carbons (Fsp3) is 0.500. The molecule has 0 aliphatic carbocycles. The molecule has 5 heteroatoms. The number of aromatic nitrogens is 1. The van der Waals surface area contributed by atoms with Crippen molar-refractivity contribution < 1.29 is 14.7 Å². The third-order valence-electron chi connectivity index (χ3n) is 3.43. The number of hydrogen-bond acceptors (Lipinski definition) is 3. The summed E-state index contributed by atoms with van der Waals surface area (Å²) in [6.07, 6.45) is 4.90. The van der Waals surface area contributed by atoms with Crippen LogP contribution in [0.5, 0.6) is 0 Å². The Kier molecular flexibility index (Phi) is 4.49. The van der Waals surface area contributed by atoms with Crippen molar-refractivity contribution in [2.24, 2.45) is 0 Å². The Bertz CT molecular complexity index is 447. The average Bonchev–Trinajstić information content (AvgIpc) is 2.46. The fourth-order valence-electron chi connectivity index (χ4n) is 2.41. The van der Waals surface area contributed by atoms with E-state index < -0.39 is 12.0 Å². The van der Waals surface area contributed by atoms with Gasteiger partial charge in [-0.05, 0) is 37.8 Å². The van der Waals surface area contributed by atoms with Crippen LogP contribution in [0.15, 0.2) is 24.4 Å². The molecule has 0 saturated carbocycles. The molecule has 1 atom stereocenters. The molecule has 5 nitrogen and oxygen atoms in total. The summed E-state index contributed by atoms with van der Waals surface area (Å²) >= 11 is 0. The topological polar surface area (TPSA) is 70.5 Å². The molecule has 1 aliphatic rings. The van der Waals surface area contributed by atoms with Gasteiger partial charge in [-0.15, -0.1) is 0 Å². The number of rotatable bonds is 4. The molecule has 19 heavy (non-hydrogen) atoms. The Balaban J connectivity index is 1.93. The van der Waals surface area contributed by atoms with E-state index in [-0.39, 0.29) is 5.91 Å². The normalized spacial score (nSPS) is 19.2. The van der Waals surface area contributed by atoms with Crippen LogP contribution in [0, 0.1) is 0 Å². The van der Waals surface area contributed by atoms with Crippen LogP contribution in [-0.4, -0.2) is 39.5 Å². The van der Waals surface area contributed by atoms with Crippen molar-refractivity contribution in [2.75, 3.05) is 6.54 Å². The minimum absolute atomic E-state index is 0.0854. The molecule has 1 aromatic heterocycles. The van der Waals surface area contributed by atoms with E-state index in [9.17, 15) is 9.59 Å². The van der Waals surface area contributed by atoms with Crippen LogP contribution in [0.25, 0.3) is 0 Å². The summed E-state index contributed by atoms with van der Waals surface area (Å²) in [4.78, 5) is 28.9. The molecule has 0 spiro atoms. The first-order chi connectivity index (χ1) is 9.18. The van der Waals surface area contributed by atoms with Crippen molar-refractivity contribution >= 4 is 11.9 Å². The molecular formula is C14H18N2O3. The zero-order valence-corrected chi connectivity index (χ0v) is 10.8. The Morgan fingerprint density at radius 1 is 1.37 bits per heavy atom. The van der Waals surface area contributed by atoms with E-state index in [4.69, 9.17) is 5.11 Å². The monoisotopic (exact) mass is 262 g/mol. The van der Waals surface area contributed by atoms with Gasteiger partial charge in [-0.2, -0.15) is 0 Å². The predicted molar refractivity (Wildman–Crippen MR) is 69.5 cm³/mol. The lowest BCUT2D eigenvalue weighted by molar-refractivity contribution is -0.152. The van der Waals surface area contributed by atoms with Crippen LogP contribution in [0.4, 0.5) is 0 Å². The maximum atomic E-state index is 12.1. The Morgan fingerprint density at radius 3 is 2.89 bits per heavy atom. The number of amides is 1. The second-order valence-corrected chi connectivity index (χ2v) is 4.76. The van der Waals surface area contributed by atoms with Gasteiger partial charge in [0.2, 0.25) is 5.91 Å². The predicted octanol–water partition coefficient (Wildman–Crippen LogP) is 1.48. The fourth-order valence-corrected chi connectivity index (χ4v) is 2.41. The number of carboxylic acids is 1.